The van der Waals surface area contributed by atoms with Crippen LogP contribution in [0.4, 0.5) is 0 Å². The summed E-state index contributed by atoms with van der Waals surface area (Å²) >= 11 is 0. The van der Waals surface area contributed by atoms with Gasteiger partial charge in [-0.15, -0.1) is 0 Å². The second-order valence-corrected chi connectivity index (χ2v) is 5.47. The Kier molecular flexibility index (Phi) is 17.8. The number of hydrogen-bond donors (Lipinski definition) is 1. The number of carbonyl (C=O) groups excluding carboxylic acids is 3. The minimum absolute atomic E-state index is 0.00380. The maximum atomic E-state index is 11.5. The lowest BCUT2D eigenvalue weighted by Crippen LogP contribution is -2.28. The van der Waals surface area contributed by atoms with Crippen molar-refractivity contribution in [3.8, 4) is 0 Å². The van der Waals surface area contributed by atoms with Gasteiger partial charge in [0.15, 0.2) is 11.7 Å². The molecule has 0 aromatic heterocycles. The van der Waals surface area contributed by atoms with E-state index < -0.39 is 17.9 Å². The summed E-state index contributed by atoms with van der Waals surface area (Å²) in [5.74, 6) is -1.96. The minimum Gasteiger partial charge on any atom is -0.461 e. The Morgan fingerprint density at radius 3 is 1.86 bits per heavy atom. The van der Waals surface area contributed by atoms with E-state index in [1.807, 2.05) is 26.8 Å². The van der Waals surface area contributed by atoms with Gasteiger partial charge >= 0.3 is 11.9 Å². The van der Waals surface area contributed by atoms with Gasteiger partial charge in [-0.1, -0.05) is 76.8 Å². The van der Waals surface area contributed by atoms with E-state index in [2.05, 4.69) is 13.2 Å². The smallest absolute Gasteiger partial charge is 0.320 e. The minimum atomic E-state index is -0.843. The molecule has 0 aliphatic rings. The molecule has 0 aliphatic heterocycles. The van der Waals surface area contributed by atoms with Crippen molar-refractivity contribution in [1.29, 1.82) is 5.41 Å². The molecule has 0 spiro atoms. The summed E-state index contributed by atoms with van der Waals surface area (Å²) < 4.78 is 9.65. The SMILES string of the molecule is C=CCOC(=O)C(CCC)C(=O)OCC=C.CC.CC(=O)c1ccccc1C=N. The summed E-state index contributed by atoms with van der Waals surface area (Å²) in [7, 11) is 0. The van der Waals surface area contributed by atoms with Crippen LogP contribution in [0.25, 0.3) is 0 Å². The topological polar surface area (TPSA) is 93.5 Å². The van der Waals surface area contributed by atoms with Crippen molar-refractivity contribution in [3.63, 3.8) is 0 Å². The molecule has 0 aliphatic carbocycles. The molecule has 0 bridgehead atoms. The Bertz CT molecular complexity index is 643. The van der Waals surface area contributed by atoms with Gasteiger partial charge in [0, 0.05) is 17.3 Å². The molecular weight excluding hydrogens is 370 g/mol. The summed E-state index contributed by atoms with van der Waals surface area (Å²) in [6.45, 7) is 14.4. The van der Waals surface area contributed by atoms with Gasteiger partial charge in [-0.3, -0.25) is 14.4 Å². The van der Waals surface area contributed by atoms with Gasteiger partial charge in [0.25, 0.3) is 0 Å². The van der Waals surface area contributed by atoms with Crippen LogP contribution in [0.15, 0.2) is 49.6 Å². The lowest BCUT2D eigenvalue weighted by Gasteiger charge is -2.13. The highest BCUT2D eigenvalue weighted by atomic mass is 16.6. The predicted molar refractivity (Wildman–Crippen MR) is 116 cm³/mol. The van der Waals surface area contributed by atoms with Crippen molar-refractivity contribution < 1.29 is 23.9 Å². The Morgan fingerprint density at radius 2 is 1.52 bits per heavy atom. The zero-order chi connectivity index (χ0) is 22.7. The third kappa shape index (κ3) is 12.1. The first-order valence-electron chi connectivity index (χ1n) is 9.58. The van der Waals surface area contributed by atoms with E-state index in [1.54, 1.807) is 18.2 Å². The van der Waals surface area contributed by atoms with Crippen LogP contribution < -0.4 is 0 Å². The third-order valence-electron chi connectivity index (χ3n) is 3.33. The van der Waals surface area contributed by atoms with Crippen LogP contribution >= 0.6 is 0 Å². The zero-order valence-corrected chi connectivity index (χ0v) is 17.9. The van der Waals surface area contributed by atoms with E-state index in [1.165, 1.54) is 25.3 Å². The van der Waals surface area contributed by atoms with Crippen molar-refractivity contribution in [2.45, 2.75) is 40.5 Å². The fourth-order valence-corrected chi connectivity index (χ4v) is 2.05. The van der Waals surface area contributed by atoms with E-state index in [0.29, 0.717) is 24.0 Å². The fraction of sp³-hybridized carbons (Fsp3) is 0.391. The van der Waals surface area contributed by atoms with E-state index in [-0.39, 0.29) is 19.0 Å². The van der Waals surface area contributed by atoms with Crippen LogP contribution in [0.5, 0.6) is 0 Å². The lowest BCUT2D eigenvalue weighted by molar-refractivity contribution is -0.161. The maximum absolute atomic E-state index is 11.5. The summed E-state index contributed by atoms with van der Waals surface area (Å²) in [4.78, 5) is 33.9. The highest BCUT2D eigenvalue weighted by molar-refractivity contribution is 6.01. The van der Waals surface area contributed by atoms with E-state index in [4.69, 9.17) is 14.9 Å². The summed E-state index contributed by atoms with van der Waals surface area (Å²) in [5.41, 5.74) is 1.29. The Labute approximate surface area is 174 Å². The second kappa shape index (κ2) is 18.3. The molecule has 1 N–H and O–H groups in total. The summed E-state index contributed by atoms with van der Waals surface area (Å²) in [5, 5.41) is 7.00. The molecule has 0 radical (unpaired) electrons. The summed E-state index contributed by atoms with van der Waals surface area (Å²) in [6, 6.07) is 7.09. The first-order valence-corrected chi connectivity index (χ1v) is 9.58. The highest BCUT2D eigenvalue weighted by Crippen LogP contribution is 2.11. The average Bonchev–Trinajstić information content (AvgIpc) is 2.75. The van der Waals surface area contributed by atoms with Crippen molar-refractivity contribution >= 4 is 23.9 Å². The van der Waals surface area contributed by atoms with Crippen molar-refractivity contribution in [2.24, 2.45) is 5.92 Å². The fourth-order valence-electron chi connectivity index (χ4n) is 2.05. The second-order valence-electron chi connectivity index (χ2n) is 5.47. The molecule has 0 amide bonds. The van der Waals surface area contributed by atoms with Crippen LogP contribution in [-0.4, -0.2) is 37.2 Å². The van der Waals surface area contributed by atoms with Crippen LogP contribution in [0.3, 0.4) is 0 Å². The molecule has 6 heteroatoms. The molecule has 29 heavy (non-hydrogen) atoms. The van der Waals surface area contributed by atoms with Crippen molar-refractivity contribution in [3.05, 3.63) is 60.7 Å². The van der Waals surface area contributed by atoms with E-state index in [9.17, 15) is 14.4 Å². The highest BCUT2D eigenvalue weighted by Gasteiger charge is 2.28. The average molecular weight is 404 g/mol. The number of benzene rings is 1. The van der Waals surface area contributed by atoms with Gasteiger partial charge < -0.3 is 14.9 Å². The normalized spacial score (nSPS) is 9.00. The zero-order valence-electron chi connectivity index (χ0n) is 17.9. The van der Waals surface area contributed by atoms with E-state index in [0.717, 1.165) is 0 Å². The molecule has 0 atom stereocenters. The largest absolute Gasteiger partial charge is 0.461 e. The number of Topliss-reactive ketones (excluding diaryl/α,β-unsaturated/α-hetero) is 1. The molecular formula is C23H33NO5. The molecule has 0 fully saturated rings. The summed E-state index contributed by atoms with van der Waals surface area (Å²) in [6.07, 6.45) is 5.23. The first-order chi connectivity index (χ1) is 13.9. The Hall–Kier alpha value is -3.02. The number of carbonyl (C=O) groups is 3. The van der Waals surface area contributed by atoms with Crippen LogP contribution in [0.2, 0.25) is 0 Å². The molecule has 0 unspecified atom stereocenters. The van der Waals surface area contributed by atoms with Crippen LogP contribution in [-0.2, 0) is 19.1 Å². The van der Waals surface area contributed by atoms with Gasteiger partial charge in [-0.25, -0.2) is 0 Å². The Morgan fingerprint density at radius 1 is 1.03 bits per heavy atom. The first kappa shape index (κ1) is 28.2. The van der Waals surface area contributed by atoms with E-state index >= 15 is 0 Å². The lowest BCUT2D eigenvalue weighted by atomic mass is 10.0. The predicted octanol–water partition coefficient (Wildman–Crippen LogP) is 4.77. The Balaban J connectivity index is 0. The van der Waals surface area contributed by atoms with Gasteiger partial charge in [-0.05, 0) is 13.3 Å². The molecule has 1 rings (SSSR count). The number of rotatable bonds is 10. The number of esters is 2. The number of ether oxygens (including phenoxy) is 2. The number of ketones is 1. The van der Waals surface area contributed by atoms with Gasteiger partial charge in [0.05, 0.1) is 0 Å². The maximum Gasteiger partial charge on any atom is 0.320 e. The molecule has 0 saturated heterocycles. The van der Waals surface area contributed by atoms with Crippen LogP contribution in [0.1, 0.15) is 56.5 Å². The monoisotopic (exact) mass is 403 g/mol. The van der Waals surface area contributed by atoms with Gasteiger partial charge in [-0.2, -0.15) is 0 Å². The van der Waals surface area contributed by atoms with Crippen LogP contribution in [0, 0.1) is 11.3 Å². The van der Waals surface area contributed by atoms with Crippen molar-refractivity contribution in [1.82, 2.24) is 0 Å². The van der Waals surface area contributed by atoms with Crippen molar-refractivity contribution in [2.75, 3.05) is 13.2 Å². The van der Waals surface area contributed by atoms with Gasteiger partial charge in [0.2, 0.25) is 0 Å². The van der Waals surface area contributed by atoms with Gasteiger partial charge in [0.1, 0.15) is 13.2 Å². The molecule has 1 aromatic rings. The third-order valence-corrected chi connectivity index (χ3v) is 3.33. The molecule has 1 aromatic carbocycles. The molecule has 0 saturated carbocycles. The quantitative estimate of drug-likeness (QED) is 0.200. The standard InChI is InChI=1S/C12H18O4.C9H9NO.C2H6/c1-4-7-10(11(13)15-8-5-2)12(14)16-9-6-3;1-7(11)9-5-3-2-4-8(9)6-10;1-2/h5-6,10H,2-4,7-9H2,1H3;2-6,10H,1H3;1-2H3. The molecule has 160 valence electrons. The molecule has 6 nitrogen and oxygen atoms in total. The number of hydrogen-bond acceptors (Lipinski definition) is 6. The number of nitrogens with one attached hydrogen (secondary N) is 1. The molecule has 0 heterocycles.